The molecular weight excluding hydrogens is 290 g/mol. The number of hydrogen-bond donors (Lipinski definition) is 0. The summed E-state index contributed by atoms with van der Waals surface area (Å²) in [6.45, 7) is 9.95. The van der Waals surface area contributed by atoms with Crippen LogP contribution in [0.1, 0.15) is 52.7 Å². The molecule has 0 saturated carbocycles. The van der Waals surface area contributed by atoms with E-state index >= 15 is 0 Å². The predicted molar refractivity (Wildman–Crippen MR) is 79.1 cm³/mol. The van der Waals surface area contributed by atoms with Gasteiger partial charge in [0.1, 0.15) is 5.82 Å². The zero-order chi connectivity index (χ0) is 13.3. The van der Waals surface area contributed by atoms with Crippen LogP contribution in [0, 0.1) is 0 Å². The van der Waals surface area contributed by atoms with E-state index in [1.165, 1.54) is 19.3 Å². The molecule has 0 aromatic carbocycles. The first-order valence-corrected chi connectivity index (χ1v) is 7.49. The fourth-order valence-corrected chi connectivity index (χ4v) is 2.75. The lowest BCUT2D eigenvalue weighted by Crippen LogP contribution is -2.38. The molecular formula is C14H22BrN3. The van der Waals surface area contributed by atoms with Crippen LogP contribution in [-0.2, 0) is 5.41 Å². The number of anilines is 1. The Labute approximate surface area is 118 Å². The largest absolute Gasteiger partial charge is 0.354 e. The van der Waals surface area contributed by atoms with Crippen molar-refractivity contribution in [2.45, 2.75) is 58.4 Å². The monoisotopic (exact) mass is 311 g/mol. The minimum Gasteiger partial charge on any atom is -0.354 e. The van der Waals surface area contributed by atoms with Crippen LogP contribution in [0.5, 0.6) is 0 Å². The summed E-state index contributed by atoms with van der Waals surface area (Å²) in [7, 11) is 0. The molecule has 18 heavy (non-hydrogen) atoms. The highest BCUT2D eigenvalue weighted by Gasteiger charge is 2.23. The number of halogens is 1. The summed E-state index contributed by atoms with van der Waals surface area (Å²) in [6.07, 6.45) is 3.85. The van der Waals surface area contributed by atoms with E-state index < -0.39 is 0 Å². The first-order chi connectivity index (χ1) is 8.38. The molecule has 2 heterocycles. The first-order valence-electron chi connectivity index (χ1n) is 6.69. The van der Waals surface area contributed by atoms with E-state index in [1.54, 1.807) is 0 Å². The molecule has 1 fully saturated rings. The molecule has 0 spiro atoms. The van der Waals surface area contributed by atoms with Crippen LogP contribution < -0.4 is 4.90 Å². The highest BCUT2D eigenvalue weighted by molar-refractivity contribution is 9.10. The zero-order valence-corrected chi connectivity index (χ0v) is 13.3. The summed E-state index contributed by atoms with van der Waals surface area (Å²) >= 11 is 3.44. The van der Waals surface area contributed by atoms with Gasteiger partial charge in [-0.25, -0.2) is 9.97 Å². The highest BCUT2D eigenvalue weighted by atomic mass is 79.9. The third kappa shape index (κ3) is 3.02. The Kier molecular flexibility index (Phi) is 3.95. The highest BCUT2D eigenvalue weighted by Crippen LogP contribution is 2.28. The molecule has 1 aliphatic rings. The number of hydrogen-bond acceptors (Lipinski definition) is 3. The molecule has 1 aromatic rings. The van der Waals surface area contributed by atoms with E-state index in [9.17, 15) is 0 Å². The summed E-state index contributed by atoms with van der Waals surface area (Å²) in [4.78, 5) is 11.5. The van der Waals surface area contributed by atoms with Gasteiger partial charge in [-0.05, 0) is 42.1 Å². The van der Waals surface area contributed by atoms with E-state index in [2.05, 4.69) is 64.6 Å². The Hall–Kier alpha value is -0.640. The first kappa shape index (κ1) is 13.8. The molecule has 100 valence electrons. The fraction of sp³-hybridized carbons (Fsp3) is 0.714. The molecule has 1 unspecified atom stereocenters. The van der Waals surface area contributed by atoms with Gasteiger partial charge in [-0.2, -0.15) is 0 Å². The van der Waals surface area contributed by atoms with Gasteiger partial charge >= 0.3 is 0 Å². The number of rotatable bonds is 1. The maximum Gasteiger partial charge on any atom is 0.198 e. The van der Waals surface area contributed by atoms with Crippen LogP contribution in [0.3, 0.4) is 0 Å². The molecule has 4 heteroatoms. The standard InChI is InChI=1S/C14H22BrN3/c1-10-7-5-6-8-18(10)12-9-11(14(2,3)4)16-13(15)17-12/h9-10H,5-8H2,1-4H3. The van der Waals surface area contributed by atoms with Crippen LogP contribution in [0.2, 0.25) is 0 Å². The third-order valence-electron chi connectivity index (χ3n) is 3.55. The van der Waals surface area contributed by atoms with Crippen molar-refractivity contribution in [2.24, 2.45) is 0 Å². The second-order valence-electron chi connectivity index (χ2n) is 6.17. The van der Waals surface area contributed by atoms with E-state index in [0.717, 1.165) is 18.1 Å². The lowest BCUT2D eigenvalue weighted by molar-refractivity contribution is 0.479. The van der Waals surface area contributed by atoms with Gasteiger partial charge in [0.15, 0.2) is 4.73 Å². The molecule has 1 aliphatic heterocycles. The average molecular weight is 312 g/mol. The molecule has 1 aromatic heterocycles. The molecule has 3 nitrogen and oxygen atoms in total. The third-order valence-corrected chi connectivity index (χ3v) is 3.91. The van der Waals surface area contributed by atoms with Crippen molar-refractivity contribution < 1.29 is 0 Å². The summed E-state index contributed by atoms with van der Waals surface area (Å²) in [6, 6.07) is 2.72. The smallest absolute Gasteiger partial charge is 0.198 e. The van der Waals surface area contributed by atoms with E-state index in [-0.39, 0.29) is 5.41 Å². The van der Waals surface area contributed by atoms with Crippen molar-refractivity contribution in [2.75, 3.05) is 11.4 Å². The van der Waals surface area contributed by atoms with Crippen LogP contribution in [-0.4, -0.2) is 22.6 Å². The van der Waals surface area contributed by atoms with Gasteiger partial charge in [0, 0.05) is 24.1 Å². The van der Waals surface area contributed by atoms with E-state index in [1.807, 2.05) is 0 Å². The molecule has 2 rings (SSSR count). The minimum atomic E-state index is 0.0548. The molecule has 0 aliphatic carbocycles. The SMILES string of the molecule is CC1CCCCN1c1cc(C(C)(C)C)nc(Br)n1. The predicted octanol–water partition coefficient (Wildman–Crippen LogP) is 3.92. The Morgan fingerprint density at radius 1 is 1.28 bits per heavy atom. The Balaban J connectivity index is 2.35. The molecule has 1 atom stereocenters. The summed E-state index contributed by atoms with van der Waals surface area (Å²) in [5.41, 5.74) is 1.15. The number of aromatic nitrogens is 2. The molecule has 0 radical (unpaired) electrons. The van der Waals surface area contributed by atoms with Crippen molar-refractivity contribution >= 4 is 21.7 Å². The molecule has 0 bridgehead atoms. The second-order valence-corrected chi connectivity index (χ2v) is 6.88. The molecule has 1 saturated heterocycles. The summed E-state index contributed by atoms with van der Waals surface area (Å²) in [5, 5.41) is 0. The van der Waals surface area contributed by atoms with Gasteiger partial charge in [-0.3, -0.25) is 0 Å². The summed E-state index contributed by atoms with van der Waals surface area (Å²) in [5.74, 6) is 1.06. The number of piperidine rings is 1. The number of nitrogens with zero attached hydrogens (tertiary/aromatic N) is 3. The normalized spacial score (nSPS) is 21.2. The fourth-order valence-electron chi connectivity index (χ4n) is 2.38. The Bertz CT molecular complexity index is 426. The van der Waals surface area contributed by atoms with E-state index in [0.29, 0.717) is 10.8 Å². The van der Waals surface area contributed by atoms with Crippen LogP contribution in [0.25, 0.3) is 0 Å². The van der Waals surface area contributed by atoms with Crippen LogP contribution in [0.4, 0.5) is 5.82 Å². The lowest BCUT2D eigenvalue weighted by atomic mass is 9.92. The second kappa shape index (κ2) is 5.16. The zero-order valence-electron chi connectivity index (χ0n) is 11.7. The van der Waals surface area contributed by atoms with Crippen molar-refractivity contribution in [1.29, 1.82) is 0 Å². The maximum absolute atomic E-state index is 4.55. The topological polar surface area (TPSA) is 29.0 Å². The summed E-state index contributed by atoms with van der Waals surface area (Å²) < 4.78 is 0.697. The van der Waals surface area contributed by atoms with Gasteiger partial charge in [-0.15, -0.1) is 0 Å². The van der Waals surface area contributed by atoms with Gasteiger partial charge < -0.3 is 4.90 Å². The van der Waals surface area contributed by atoms with Gasteiger partial charge in [-0.1, -0.05) is 20.8 Å². The van der Waals surface area contributed by atoms with Gasteiger partial charge in [0.2, 0.25) is 0 Å². The van der Waals surface area contributed by atoms with Crippen molar-refractivity contribution in [1.82, 2.24) is 9.97 Å². The Morgan fingerprint density at radius 3 is 2.61 bits per heavy atom. The quantitative estimate of drug-likeness (QED) is 0.736. The van der Waals surface area contributed by atoms with Gasteiger partial charge in [0.25, 0.3) is 0 Å². The average Bonchev–Trinajstić information content (AvgIpc) is 2.27. The van der Waals surface area contributed by atoms with E-state index in [4.69, 9.17) is 0 Å². The molecule has 0 N–H and O–H groups in total. The lowest BCUT2D eigenvalue weighted by Gasteiger charge is -2.35. The Morgan fingerprint density at radius 2 is 2.00 bits per heavy atom. The van der Waals surface area contributed by atoms with Crippen LogP contribution >= 0.6 is 15.9 Å². The molecule has 0 amide bonds. The van der Waals surface area contributed by atoms with Crippen molar-refractivity contribution in [3.8, 4) is 0 Å². The minimum absolute atomic E-state index is 0.0548. The van der Waals surface area contributed by atoms with Gasteiger partial charge in [0.05, 0.1) is 5.69 Å². The maximum atomic E-state index is 4.55. The van der Waals surface area contributed by atoms with Crippen molar-refractivity contribution in [3.63, 3.8) is 0 Å². The van der Waals surface area contributed by atoms with Crippen molar-refractivity contribution in [3.05, 3.63) is 16.5 Å². The van der Waals surface area contributed by atoms with Crippen LogP contribution in [0.15, 0.2) is 10.8 Å².